The topological polar surface area (TPSA) is 79.7 Å². The average Bonchev–Trinajstić information content (AvgIpc) is 3.28. The predicted molar refractivity (Wildman–Crippen MR) is 126 cm³/mol. The maximum absolute atomic E-state index is 14.8. The quantitative estimate of drug-likeness (QED) is 0.410. The highest BCUT2D eigenvalue weighted by Crippen LogP contribution is 2.30. The molecule has 0 bridgehead atoms. The molecule has 1 aromatic heterocycles. The third kappa shape index (κ3) is 5.53. The van der Waals surface area contributed by atoms with Gasteiger partial charge in [-0.1, -0.05) is 61.0 Å². The summed E-state index contributed by atoms with van der Waals surface area (Å²) in [6, 6.07) is 16.6. The first kappa shape index (κ1) is 22.0. The summed E-state index contributed by atoms with van der Waals surface area (Å²) in [5, 5.41) is 7.09. The molecular weight excluding hydrogens is 405 g/mol. The van der Waals surface area contributed by atoms with Gasteiger partial charge in [0.05, 0.1) is 12.2 Å². The van der Waals surface area contributed by atoms with E-state index in [4.69, 9.17) is 10.3 Å². The number of hydrogen-bond donors (Lipinski definition) is 2. The molecule has 4 rings (SSSR count). The number of halogens is 1. The normalized spacial score (nSPS) is 16.1. The van der Waals surface area contributed by atoms with Crippen LogP contribution in [0.1, 0.15) is 43.4 Å². The van der Waals surface area contributed by atoms with E-state index < -0.39 is 0 Å². The summed E-state index contributed by atoms with van der Waals surface area (Å²) >= 11 is 0. The molecule has 1 fully saturated rings. The zero-order chi connectivity index (χ0) is 22.3. The predicted octanol–water partition coefficient (Wildman–Crippen LogP) is 4.85. The molecule has 1 unspecified atom stereocenters. The van der Waals surface area contributed by atoms with Crippen molar-refractivity contribution in [2.24, 2.45) is 10.7 Å². The van der Waals surface area contributed by atoms with E-state index in [1.54, 1.807) is 12.1 Å². The Kier molecular flexibility index (Phi) is 7.17. The van der Waals surface area contributed by atoms with E-state index in [-0.39, 0.29) is 11.7 Å². The first-order valence-electron chi connectivity index (χ1n) is 11.2. The Labute approximate surface area is 188 Å². The van der Waals surface area contributed by atoms with Crippen molar-refractivity contribution in [3.05, 3.63) is 71.7 Å². The minimum Gasteiger partial charge on any atom is -0.370 e. The minimum atomic E-state index is -0.257. The van der Waals surface area contributed by atoms with Crippen LogP contribution in [0.3, 0.4) is 0 Å². The first-order chi connectivity index (χ1) is 15.6. The van der Waals surface area contributed by atoms with Crippen LogP contribution in [-0.4, -0.2) is 42.2 Å². The summed E-state index contributed by atoms with van der Waals surface area (Å²) in [5.41, 5.74) is 8.95. The molecule has 0 saturated carbocycles. The van der Waals surface area contributed by atoms with Crippen molar-refractivity contribution in [1.82, 2.24) is 10.1 Å². The van der Waals surface area contributed by atoms with Crippen molar-refractivity contribution < 1.29 is 8.91 Å². The van der Waals surface area contributed by atoms with Gasteiger partial charge in [0.2, 0.25) is 5.88 Å². The number of likely N-dealkylation sites (tertiary alicyclic amines) is 1. The molecule has 3 N–H and O–H groups in total. The Morgan fingerprint density at radius 2 is 1.94 bits per heavy atom. The van der Waals surface area contributed by atoms with Gasteiger partial charge < -0.3 is 15.2 Å². The van der Waals surface area contributed by atoms with Gasteiger partial charge in [-0.15, -0.1) is 0 Å². The average molecular weight is 436 g/mol. The van der Waals surface area contributed by atoms with Crippen LogP contribution in [0.2, 0.25) is 0 Å². The van der Waals surface area contributed by atoms with Crippen LogP contribution in [-0.2, 0) is 0 Å². The summed E-state index contributed by atoms with van der Waals surface area (Å²) in [6.45, 7) is 5.79. The number of nitrogens with two attached hydrogens (primary N) is 1. The molecule has 3 aromatic rings. The van der Waals surface area contributed by atoms with Crippen molar-refractivity contribution in [1.29, 1.82) is 0 Å². The molecule has 1 aliphatic rings. The summed E-state index contributed by atoms with van der Waals surface area (Å²) in [5.74, 6) is 0.335. The fraction of sp³-hybridized carbons (Fsp3) is 0.360. The second kappa shape index (κ2) is 10.4. The third-order valence-electron chi connectivity index (χ3n) is 5.95. The van der Waals surface area contributed by atoms with Gasteiger partial charge in [0.15, 0.2) is 5.96 Å². The van der Waals surface area contributed by atoms with Gasteiger partial charge in [0.1, 0.15) is 5.82 Å². The SMILES string of the molecule is CC(c1ccc(-c2ccccc2)c(F)c1)c1cc(NC(N)=NCCN2CCCCC2)on1. The van der Waals surface area contributed by atoms with Crippen molar-refractivity contribution in [3.8, 4) is 11.1 Å². The zero-order valence-electron chi connectivity index (χ0n) is 18.4. The minimum absolute atomic E-state index is 0.133. The Morgan fingerprint density at radius 1 is 1.16 bits per heavy atom. The zero-order valence-corrected chi connectivity index (χ0v) is 18.4. The third-order valence-corrected chi connectivity index (χ3v) is 5.95. The lowest BCUT2D eigenvalue weighted by Crippen LogP contribution is -2.32. The molecule has 2 heterocycles. The van der Waals surface area contributed by atoms with Gasteiger partial charge in [0, 0.05) is 24.1 Å². The smallest absolute Gasteiger partial charge is 0.231 e. The number of nitrogens with one attached hydrogen (secondary N) is 1. The molecule has 2 aromatic carbocycles. The Balaban J connectivity index is 1.36. The number of piperidine rings is 1. The van der Waals surface area contributed by atoms with E-state index in [1.165, 1.54) is 19.3 Å². The summed E-state index contributed by atoms with van der Waals surface area (Å²) in [4.78, 5) is 6.79. The molecule has 32 heavy (non-hydrogen) atoms. The van der Waals surface area contributed by atoms with Gasteiger partial charge in [-0.05, 0) is 43.1 Å². The molecule has 0 amide bonds. The number of anilines is 1. The Hall–Kier alpha value is -3.19. The highest BCUT2D eigenvalue weighted by Gasteiger charge is 2.17. The number of hydrogen-bond acceptors (Lipinski definition) is 4. The summed E-state index contributed by atoms with van der Waals surface area (Å²) in [6.07, 6.45) is 3.84. The van der Waals surface area contributed by atoms with Crippen LogP contribution >= 0.6 is 0 Å². The molecule has 1 saturated heterocycles. The van der Waals surface area contributed by atoms with Gasteiger partial charge in [-0.25, -0.2) is 4.39 Å². The van der Waals surface area contributed by atoms with Crippen LogP contribution in [0.25, 0.3) is 11.1 Å². The second-order valence-electron chi connectivity index (χ2n) is 8.24. The number of guanidine groups is 1. The lowest BCUT2D eigenvalue weighted by molar-refractivity contribution is 0.235. The van der Waals surface area contributed by atoms with Crippen molar-refractivity contribution in [2.45, 2.75) is 32.1 Å². The number of rotatable bonds is 7. The fourth-order valence-electron chi connectivity index (χ4n) is 4.04. The van der Waals surface area contributed by atoms with Gasteiger partial charge in [-0.3, -0.25) is 10.3 Å². The molecule has 168 valence electrons. The van der Waals surface area contributed by atoms with E-state index in [2.05, 4.69) is 20.4 Å². The largest absolute Gasteiger partial charge is 0.370 e. The number of benzene rings is 2. The molecule has 1 atom stereocenters. The maximum Gasteiger partial charge on any atom is 0.231 e. The molecule has 6 nitrogen and oxygen atoms in total. The second-order valence-corrected chi connectivity index (χ2v) is 8.24. The molecule has 0 spiro atoms. The van der Waals surface area contributed by atoms with Gasteiger partial charge in [0.25, 0.3) is 0 Å². The van der Waals surface area contributed by atoms with Crippen molar-refractivity contribution in [2.75, 3.05) is 31.5 Å². The van der Waals surface area contributed by atoms with Crippen molar-refractivity contribution in [3.63, 3.8) is 0 Å². The molecule has 0 radical (unpaired) electrons. The monoisotopic (exact) mass is 435 g/mol. The summed E-state index contributed by atoms with van der Waals surface area (Å²) < 4.78 is 20.1. The van der Waals surface area contributed by atoms with Gasteiger partial charge in [-0.2, -0.15) is 0 Å². The number of nitrogens with zero attached hydrogens (tertiary/aromatic N) is 3. The van der Waals surface area contributed by atoms with Crippen LogP contribution in [0, 0.1) is 5.82 Å². The van der Waals surface area contributed by atoms with Crippen LogP contribution in [0.4, 0.5) is 10.3 Å². The maximum atomic E-state index is 14.8. The highest BCUT2D eigenvalue weighted by atomic mass is 19.1. The van der Waals surface area contributed by atoms with Gasteiger partial charge >= 0.3 is 0 Å². The van der Waals surface area contributed by atoms with Crippen LogP contribution in [0.15, 0.2) is 64.1 Å². The lowest BCUT2D eigenvalue weighted by Gasteiger charge is -2.25. The summed E-state index contributed by atoms with van der Waals surface area (Å²) in [7, 11) is 0. The Morgan fingerprint density at radius 3 is 2.69 bits per heavy atom. The van der Waals surface area contributed by atoms with E-state index in [0.29, 0.717) is 29.6 Å². The van der Waals surface area contributed by atoms with E-state index in [1.807, 2.05) is 49.4 Å². The fourth-order valence-corrected chi connectivity index (χ4v) is 4.04. The standard InChI is InChI=1S/C25H30FN5O/c1-18(20-10-11-21(22(26)16-20)19-8-4-2-5-9-19)23-17-24(32-30-23)29-25(27)28-12-15-31-13-6-3-7-14-31/h2,4-5,8-11,16-18H,3,6-7,12-15H2,1H3,(H3,27,28,29). The van der Waals surface area contributed by atoms with Crippen LogP contribution < -0.4 is 11.1 Å². The van der Waals surface area contributed by atoms with E-state index in [9.17, 15) is 4.39 Å². The number of aromatic nitrogens is 1. The van der Waals surface area contributed by atoms with E-state index in [0.717, 1.165) is 30.8 Å². The first-order valence-corrected chi connectivity index (χ1v) is 11.2. The molecule has 0 aliphatic carbocycles. The Bertz CT molecular complexity index is 1040. The lowest BCUT2D eigenvalue weighted by atomic mass is 9.95. The number of aliphatic imine (C=N–C) groups is 1. The van der Waals surface area contributed by atoms with E-state index >= 15 is 0 Å². The highest BCUT2D eigenvalue weighted by molar-refractivity contribution is 5.90. The molecular formula is C25H30FN5O. The van der Waals surface area contributed by atoms with Crippen molar-refractivity contribution >= 4 is 11.8 Å². The van der Waals surface area contributed by atoms with Crippen LogP contribution in [0.5, 0.6) is 0 Å². The molecule has 7 heteroatoms. The molecule has 1 aliphatic heterocycles.